The molecule has 1 unspecified atom stereocenters. The topological polar surface area (TPSA) is 81.5 Å². The Bertz CT molecular complexity index is 1650. The van der Waals surface area contributed by atoms with Crippen molar-refractivity contribution in [3.8, 4) is 23.0 Å². The van der Waals surface area contributed by atoms with Gasteiger partial charge in [-0.2, -0.15) is 0 Å². The number of benzene rings is 3. The molecule has 10 nitrogen and oxygen atoms in total. The fraction of sp³-hybridized carbons (Fsp3) is 0.487. The Morgan fingerprint density at radius 3 is 2.35 bits per heavy atom. The standard InChI is InChI=1S/C39H53N5O5/c1-7-8-11-21-44-34-17-10-9-16-33(34)40-39(44)43-20-13-19-42(23-24-43)22-18-30(29-14-12-15-32(25-29)46-3)28-41(2)38(45)31-26-35(47-4)37(49-6)36(27-31)48-5/h9-10,12,14-17,25-27,30H,7-8,11,13,18-24,28H2,1-6H3. The second-order valence-electron chi connectivity index (χ2n) is 12.8. The van der Waals surface area contributed by atoms with Crippen molar-refractivity contribution in [2.45, 2.75) is 51.5 Å². The molecule has 1 aromatic heterocycles. The maximum Gasteiger partial charge on any atom is 0.253 e. The monoisotopic (exact) mass is 671 g/mol. The van der Waals surface area contributed by atoms with Gasteiger partial charge in [-0.1, -0.05) is 44.0 Å². The number of fused-ring (bicyclic) bond motifs is 1. The lowest BCUT2D eigenvalue weighted by Gasteiger charge is -2.28. The molecule has 1 aliphatic heterocycles. The molecule has 1 saturated heterocycles. The molecule has 5 rings (SSSR count). The minimum atomic E-state index is -0.112. The molecule has 0 radical (unpaired) electrons. The van der Waals surface area contributed by atoms with Crippen molar-refractivity contribution in [2.75, 3.05) is 79.7 Å². The summed E-state index contributed by atoms with van der Waals surface area (Å²) in [5.41, 5.74) is 3.93. The quantitative estimate of drug-likeness (QED) is 0.122. The van der Waals surface area contributed by atoms with Gasteiger partial charge in [0, 0.05) is 51.3 Å². The summed E-state index contributed by atoms with van der Waals surface area (Å²) in [4.78, 5) is 25.7. The molecule has 1 fully saturated rings. The average molecular weight is 672 g/mol. The average Bonchev–Trinajstić information content (AvgIpc) is 3.33. The van der Waals surface area contributed by atoms with Crippen LogP contribution >= 0.6 is 0 Å². The lowest BCUT2D eigenvalue weighted by Crippen LogP contribution is -2.35. The fourth-order valence-corrected chi connectivity index (χ4v) is 6.87. The molecule has 10 heteroatoms. The molecule has 0 bridgehead atoms. The number of anilines is 1. The Labute approximate surface area is 291 Å². The lowest BCUT2D eigenvalue weighted by atomic mass is 9.94. The third-order valence-corrected chi connectivity index (χ3v) is 9.60. The molecule has 1 amide bonds. The Morgan fingerprint density at radius 1 is 0.857 bits per heavy atom. The van der Waals surface area contributed by atoms with Crippen molar-refractivity contribution in [1.29, 1.82) is 0 Å². The summed E-state index contributed by atoms with van der Waals surface area (Å²) < 4.78 is 24.5. The number of rotatable bonds is 16. The van der Waals surface area contributed by atoms with Crippen LogP contribution in [0.25, 0.3) is 11.0 Å². The zero-order chi connectivity index (χ0) is 34.8. The van der Waals surface area contributed by atoms with Crippen molar-refractivity contribution in [3.63, 3.8) is 0 Å². The molecule has 4 aromatic rings. The van der Waals surface area contributed by atoms with Crippen molar-refractivity contribution in [1.82, 2.24) is 19.4 Å². The van der Waals surface area contributed by atoms with Crippen LogP contribution in [0.3, 0.4) is 0 Å². The van der Waals surface area contributed by atoms with Gasteiger partial charge in [-0.15, -0.1) is 0 Å². The number of ether oxygens (including phenoxy) is 4. The molecule has 3 aromatic carbocycles. The summed E-state index contributed by atoms with van der Waals surface area (Å²) in [5, 5.41) is 0. The van der Waals surface area contributed by atoms with Crippen LogP contribution in [0, 0.1) is 0 Å². The number of imidazole rings is 1. The molecule has 49 heavy (non-hydrogen) atoms. The largest absolute Gasteiger partial charge is 0.497 e. The van der Waals surface area contributed by atoms with Crippen LogP contribution in [0.1, 0.15) is 60.9 Å². The minimum Gasteiger partial charge on any atom is -0.497 e. The number of hydrogen-bond donors (Lipinski definition) is 0. The van der Waals surface area contributed by atoms with Gasteiger partial charge in [-0.3, -0.25) is 4.79 Å². The molecule has 2 heterocycles. The molecule has 1 atom stereocenters. The van der Waals surface area contributed by atoms with E-state index in [-0.39, 0.29) is 11.8 Å². The maximum absolute atomic E-state index is 13.8. The number of amides is 1. The van der Waals surface area contributed by atoms with Gasteiger partial charge in [0.1, 0.15) is 5.75 Å². The minimum absolute atomic E-state index is 0.105. The summed E-state index contributed by atoms with van der Waals surface area (Å²) >= 11 is 0. The fourth-order valence-electron chi connectivity index (χ4n) is 6.87. The van der Waals surface area contributed by atoms with Crippen LogP contribution in [-0.2, 0) is 6.54 Å². The number of carbonyl (C=O) groups excluding carboxylic acids is 1. The maximum atomic E-state index is 13.8. The summed E-state index contributed by atoms with van der Waals surface area (Å²) in [7, 11) is 8.21. The van der Waals surface area contributed by atoms with E-state index < -0.39 is 0 Å². The van der Waals surface area contributed by atoms with Crippen molar-refractivity contribution in [3.05, 3.63) is 71.8 Å². The van der Waals surface area contributed by atoms with Gasteiger partial charge in [-0.25, -0.2) is 4.98 Å². The van der Waals surface area contributed by atoms with Crippen LogP contribution in [0.5, 0.6) is 23.0 Å². The Morgan fingerprint density at radius 2 is 1.63 bits per heavy atom. The highest BCUT2D eigenvalue weighted by atomic mass is 16.5. The number of aromatic nitrogens is 2. The highest BCUT2D eigenvalue weighted by Gasteiger charge is 2.25. The van der Waals surface area contributed by atoms with Crippen LogP contribution < -0.4 is 23.8 Å². The molecule has 1 aliphatic rings. The van der Waals surface area contributed by atoms with E-state index in [0.29, 0.717) is 29.4 Å². The van der Waals surface area contributed by atoms with Crippen LogP contribution in [-0.4, -0.2) is 100 Å². The van der Waals surface area contributed by atoms with Gasteiger partial charge in [0.15, 0.2) is 11.5 Å². The van der Waals surface area contributed by atoms with Crippen molar-refractivity contribution in [2.24, 2.45) is 0 Å². The zero-order valence-corrected chi connectivity index (χ0v) is 30.1. The van der Waals surface area contributed by atoms with Crippen LogP contribution in [0.2, 0.25) is 0 Å². The predicted molar refractivity (Wildman–Crippen MR) is 196 cm³/mol. The van der Waals surface area contributed by atoms with Crippen molar-refractivity contribution >= 4 is 22.9 Å². The Kier molecular flexibility index (Phi) is 12.6. The highest BCUT2D eigenvalue weighted by molar-refractivity contribution is 5.95. The zero-order valence-electron chi connectivity index (χ0n) is 30.1. The van der Waals surface area contributed by atoms with E-state index in [2.05, 4.69) is 57.7 Å². The van der Waals surface area contributed by atoms with E-state index in [1.165, 1.54) is 18.4 Å². The van der Waals surface area contributed by atoms with Gasteiger partial charge in [0.2, 0.25) is 11.7 Å². The highest BCUT2D eigenvalue weighted by Crippen LogP contribution is 2.38. The smallest absolute Gasteiger partial charge is 0.253 e. The van der Waals surface area contributed by atoms with E-state index in [4.69, 9.17) is 23.9 Å². The van der Waals surface area contributed by atoms with E-state index >= 15 is 0 Å². The first-order chi connectivity index (χ1) is 23.9. The first kappa shape index (κ1) is 35.9. The molecular weight excluding hydrogens is 618 g/mol. The van der Waals surface area contributed by atoms with Gasteiger partial charge < -0.3 is 38.2 Å². The van der Waals surface area contributed by atoms with Crippen LogP contribution in [0.4, 0.5) is 5.95 Å². The summed E-state index contributed by atoms with van der Waals surface area (Å²) in [6.45, 7) is 8.62. The second-order valence-corrected chi connectivity index (χ2v) is 12.8. The number of hydrogen-bond acceptors (Lipinski definition) is 8. The van der Waals surface area contributed by atoms with E-state index in [0.717, 1.165) is 81.3 Å². The number of para-hydroxylation sites is 2. The Balaban J connectivity index is 1.30. The van der Waals surface area contributed by atoms with E-state index in [9.17, 15) is 4.79 Å². The number of nitrogens with zero attached hydrogens (tertiary/aromatic N) is 5. The number of aryl methyl sites for hydroxylation is 1. The van der Waals surface area contributed by atoms with E-state index in [1.807, 2.05) is 19.2 Å². The molecule has 0 aliphatic carbocycles. The van der Waals surface area contributed by atoms with E-state index in [1.54, 1.807) is 45.5 Å². The molecule has 0 spiro atoms. The SMILES string of the molecule is CCCCCn1c(N2CCCN(CCC(CN(C)C(=O)c3cc(OC)c(OC)c(OC)c3)c3cccc(OC)c3)CC2)nc2ccccc21. The number of carbonyl (C=O) groups is 1. The molecule has 0 saturated carbocycles. The van der Waals surface area contributed by atoms with Gasteiger partial charge in [0.05, 0.1) is 39.5 Å². The summed E-state index contributed by atoms with van der Waals surface area (Å²) in [6.07, 6.45) is 5.55. The summed E-state index contributed by atoms with van der Waals surface area (Å²) in [5.74, 6) is 3.27. The second kappa shape index (κ2) is 17.3. The lowest BCUT2D eigenvalue weighted by molar-refractivity contribution is 0.0782. The molecular formula is C39H53N5O5. The first-order valence-electron chi connectivity index (χ1n) is 17.5. The molecule has 264 valence electrons. The molecule has 0 N–H and O–H groups in total. The third kappa shape index (κ3) is 8.60. The first-order valence-corrected chi connectivity index (χ1v) is 17.5. The van der Waals surface area contributed by atoms with Gasteiger partial charge >= 0.3 is 0 Å². The normalized spacial score (nSPS) is 14.4. The van der Waals surface area contributed by atoms with Crippen molar-refractivity contribution < 1.29 is 23.7 Å². The van der Waals surface area contributed by atoms with Crippen LogP contribution in [0.15, 0.2) is 60.7 Å². The Hall–Kier alpha value is -4.44. The van der Waals surface area contributed by atoms with Gasteiger partial charge in [0.25, 0.3) is 5.91 Å². The number of methoxy groups -OCH3 is 4. The van der Waals surface area contributed by atoms with Gasteiger partial charge in [-0.05, 0) is 74.3 Å². The number of likely N-dealkylation sites (N-methyl/N-ethyl adjacent to an activating group) is 1. The third-order valence-electron chi connectivity index (χ3n) is 9.60. The summed E-state index contributed by atoms with van der Waals surface area (Å²) in [6, 6.07) is 20.2. The number of unbranched alkanes of at least 4 members (excludes halogenated alkanes) is 2. The predicted octanol–water partition coefficient (Wildman–Crippen LogP) is 6.72.